The van der Waals surface area contributed by atoms with Crippen molar-refractivity contribution in [2.45, 2.75) is 12.5 Å². The lowest BCUT2D eigenvalue weighted by atomic mass is 10.0. The van der Waals surface area contributed by atoms with Crippen LogP contribution < -0.4 is 10.8 Å². The highest BCUT2D eigenvalue weighted by Crippen LogP contribution is 2.40. The summed E-state index contributed by atoms with van der Waals surface area (Å²) >= 11 is 11.5. The molecular formula is C16H14Cl2N2O5. The molecule has 0 saturated heterocycles. The van der Waals surface area contributed by atoms with E-state index in [0.29, 0.717) is 0 Å². The van der Waals surface area contributed by atoms with Crippen LogP contribution in [0.2, 0.25) is 10.0 Å². The third-order valence-corrected chi connectivity index (χ3v) is 4.07. The molecule has 0 radical (unpaired) electrons. The van der Waals surface area contributed by atoms with E-state index in [1.165, 1.54) is 5.48 Å². The van der Waals surface area contributed by atoms with Crippen molar-refractivity contribution in [3.63, 3.8) is 0 Å². The zero-order valence-electron chi connectivity index (χ0n) is 12.7. The molecule has 0 heterocycles. The van der Waals surface area contributed by atoms with E-state index in [1.807, 2.05) is 0 Å². The number of phenols is 2. The number of hydroxylamine groups is 1. The SMILES string of the molecule is O=C(NC(Cc1ccccc1)C(=O)NO)c1cc(Cl)c(O)c(Cl)c1O. The third kappa shape index (κ3) is 4.33. The second-order valence-corrected chi connectivity index (χ2v) is 5.89. The van der Waals surface area contributed by atoms with Crippen LogP contribution in [0.15, 0.2) is 36.4 Å². The fourth-order valence-corrected chi connectivity index (χ4v) is 2.60. The molecule has 2 amide bonds. The minimum Gasteiger partial charge on any atom is -0.505 e. The number of halogens is 2. The van der Waals surface area contributed by atoms with Gasteiger partial charge in [-0.05, 0) is 11.6 Å². The predicted molar refractivity (Wildman–Crippen MR) is 91.1 cm³/mol. The summed E-state index contributed by atoms with van der Waals surface area (Å²) < 4.78 is 0. The average Bonchev–Trinajstić information content (AvgIpc) is 2.62. The van der Waals surface area contributed by atoms with E-state index in [0.717, 1.165) is 11.6 Å². The zero-order valence-corrected chi connectivity index (χ0v) is 14.2. The molecule has 1 unspecified atom stereocenters. The summed E-state index contributed by atoms with van der Waals surface area (Å²) in [6.07, 6.45) is 0.0965. The summed E-state index contributed by atoms with van der Waals surface area (Å²) in [7, 11) is 0. The van der Waals surface area contributed by atoms with Gasteiger partial charge in [-0.25, -0.2) is 5.48 Å². The van der Waals surface area contributed by atoms with Gasteiger partial charge in [0.05, 0.1) is 10.6 Å². The molecule has 1 atom stereocenters. The van der Waals surface area contributed by atoms with Crippen LogP contribution in [0.3, 0.4) is 0 Å². The summed E-state index contributed by atoms with van der Waals surface area (Å²) in [5, 5.41) is 30.0. The monoisotopic (exact) mass is 384 g/mol. The van der Waals surface area contributed by atoms with E-state index in [1.54, 1.807) is 30.3 Å². The zero-order chi connectivity index (χ0) is 18.6. The number of benzene rings is 2. The minimum absolute atomic E-state index is 0.0965. The summed E-state index contributed by atoms with van der Waals surface area (Å²) in [5.74, 6) is -2.94. The number of hydrogen-bond acceptors (Lipinski definition) is 5. The molecule has 0 bridgehead atoms. The van der Waals surface area contributed by atoms with Gasteiger partial charge in [-0.1, -0.05) is 53.5 Å². The van der Waals surface area contributed by atoms with Crippen LogP contribution in [0.25, 0.3) is 0 Å². The first kappa shape index (κ1) is 18.9. The quantitative estimate of drug-likeness (QED) is 0.400. The number of amides is 2. The Labute approximate surface area is 152 Å². The van der Waals surface area contributed by atoms with Crippen LogP contribution in [0.5, 0.6) is 11.5 Å². The van der Waals surface area contributed by atoms with E-state index in [4.69, 9.17) is 28.4 Å². The Kier molecular flexibility index (Phi) is 6.08. The van der Waals surface area contributed by atoms with Crippen molar-refractivity contribution in [2.75, 3.05) is 0 Å². The van der Waals surface area contributed by atoms with Crippen molar-refractivity contribution < 1.29 is 25.0 Å². The fraction of sp³-hybridized carbons (Fsp3) is 0.125. The van der Waals surface area contributed by atoms with E-state index in [2.05, 4.69) is 5.32 Å². The topological polar surface area (TPSA) is 119 Å². The standard InChI is InChI=1S/C16H14Cl2N2O5/c17-10-7-9(13(21)12(18)14(10)22)15(23)19-11(16(24)20-25)6-8-4-2-1-3-5-8/h1-5,7,11,21-22,25H,6H2,(H,19,23)(H,20,24). The molecule has 0 fully saturated rings. The molecule has 0 aliphatic heterocycles. The van der Waals surface area contributed by atoms with Crippen molar-refractivity contribution in [3.8, 4) is 11.5 Å². The Morgan fingerprint density at radius 1 is 1.08 bits per heavy atom. The van der Waals surface area contributed by atoms with Gasteiger partial charge in [0.15, 0.2) is 11.5 Å². The van der Waals surface area contributed by atoms with E-state index >= 15 is 0 Å². The normalized spacial score (nSPS) is 11.6. The molecular weight excluding hydrogens is 371 g/mol. The van der Waals surface area contributed by atoms with Gasteiger partial charge in [0.1, 0.15) is 11.1 Å². The van der Waals surface area contributed by atoms with Gasteiger partial charge < -0.3 is 15.5 Å². The molecule has 9 heteroatoms. The summed E-state index contributed by atoms with van der Waals surface area (Å²) in [6, 6.07) is 8.70. The fourth-order valence-electron chi connectivity index (χ4n) is 2.14. The van der Waals surface area contributed by atoms with Crippen molar-refractivity contribution in [1.82, 2.24) is 10.8 Å². The van der Waals surface area contributed by atoms with Gasteiger partial charge in [-0.2, -0.15) is 0 Å². The molecule has 2 aromatic carbocycles. The van der Waals surface area contributed by atoms with Crippen molar-refractivity contribution >= 4 is 35.0 Å². The summed E-state index contributed by atoms with van der Waals surface area (Å²) in [4.78, 5) is 24.2. The second-order valence-electron chi connectivity index (χ2n) is 5.11. The Bertz CT molecular complexity index is 799. The molecule has 0 aromatic heterocycles. The maximum Gasteiger partial charge on any atom is 0.266 e. The van der Waals surface area contributed by atoms with Gasteiger partial charge >= 0.3 is 0 Å². The number of carbonyl (C=O) groups is 2. The van der Waals surface area contributed by atoms with Crippen molar-refractivity contribution in [2.24, 2.45) is 0 Å². The maximum atomic E-state index is 12.4. The lowest BCUT2D eigenvalue weighted by Crippen LogP contribution is -2.47. The minimum atomic E-state index is -1.12. The highest BCUT2D eigenvalue weighted by atomic mass is 35.5. The van der Waals surface area contributed by atoms with Crippen molar-refractivity contribution in [3.05, 3.63) is 57.6 Å². The first-order valence-corrected chi connectivity index (χ1v) is 7.79. The van der Waals surface area contributed by atoms with Gasteiger partial charge in [0.25, 0.3) is 11.8 Å². The number of aromatic hydroxyl groups is 2. The first-order valence-electron chi connectivity index (χ1n) is 7.03. The Hall–Kier alpha value is -2.48. The van der Waals surface area contributed by atoms with Crippen LogP contribution in [-0.2, 0) is 11.2 Å². The molecule has 0 spiro atoms. The van der Waals surface area contributed by atoms with Crippen LogP contribution in [-0.4, -0.2) is 33.3 Å². The molecule has 0 aliphatic carbocycles. The van der Waals surface area contributed by atoms with Crippen LogP contribution in [0.1, 0.15) is 15.9 Å². The van der Waals surface area contributed by atoms with Gasteiger partial charge in [-0.3, -0.25) is 14.8 Å². The first-order chi connectivity index (χ1) is 11.8. The average molecular weight is 385 g/mol. The molecule has 2 rings (SSSR count). The van der Waals surface area contributed by atoms with E-state index in [9.17, 15) is 19.8 Å². The highest BCUT2D eigenvalue weighted by Gasteiger charge is 2.25. The molecule has 2 aromatic rings. The molecule has 5 N–H and O–H groups in total. The molecule has 7 nitrogen and oxygen atoms in total. The number of nitrogens with one attached hydrogen (secondary N) is 2. The second kappa shape index (κ2) is 8.06. The molecule has 132 valence electrons. The Morgan fingerprint density at radius 2 is 1.72 bits per heavy atom. The maximum absolute atomic E-state index is 12.4. The largest absolute Gasteiger partial charge is 0.505 e. The van der Waals surface area contributed by atoms with Gasteiger partial charge in [0.2, 0.25) is 0 Å². The van der Waals surface area contributed by atoms with E-state index in [-0.39, 0.29) is 17.0 Å². The number of carbonyl (C=O) groups excluding carboxylic acids is 2. The molecule has 25 heavy (non-hydrogen) atoms. The lowest BCUT2D eigenvalue weighted by Gasteiger charge is -2.18. The van der Waals surface area contributed by atoms with Gasteiger partial charge in [0, 0.05) is 6.42 Å². The smallest absolute Gasteiger partial charge is 0.266 e. The van der Waals surface area contributed by atoms with Crippen LogP contribution in [0, 0.1) is 0 Å². The van der Waals surface area contributed by atoms with Gasteiger partial charge in [-0.15, -0.1) is 0 Å². The van der Waals surface area contributed by atoms with Crippen LogP contribution in [0.4, 0.5) is 0 Å². The number of phenolic OH excluding ortho intramolecular Hbond substituents is 2. The highest BCUT2D eigenvalue weighted by molar-refractivity contribution is 6.38. The third-order valence-electron chi connectivity index (χ3n) is 3.43. The van der Waals surface area contributed by atoms with Crippen molar-refractivity contribution in [1.29, 1.82) is 0 Å². The summed E-state index contributed by atoms with van der Waals surface area (Å²) in [5.41, 5.74) is 1.90. The molecule has 0 aliphatic rings. The Balaban J connectivity index is 2.27. The predicted octanol–water partition coefficient (Wildman–Crippen LogP) is 2.25. The number of hydrogen-bond donors (Lipinski definition) is 5. The van der Waals surface area contributed by atoms with E-state index < -0.39 is 34.4 Å². The Morgan fingerprint density at radius 3 is 2.32 bits per heavy atom. The number of rotatable bonds is 5. The summed E-state index contributed by atoms with van der Waals surface area (Å²) in [6.45, 7) is 0. The lowest BCUT2D eigenvalue weighted by molar-refractivity contribution is -0.131. The molecule has 0 saturated carbocycles. The van der Waals surface area contributed by atoms with Crippen LogP contribution >= 0.6 is 23.2 Å².